The Hall–Kier alpha value is -2.80. The van der Waals surface area contributed by atoms with E-state index in [0.29, 0.717) is 27.9 Å². The van der Waals surface area contributed by atoms with Crippen molar-refractivity contribution in [2.24, 2.45) is 0 Å². The van der Waals surface area contributed by atoms with Gasteiger partial charge in [-0.2, -0.15) is 0 Å². The zero-order valence-corrected chi connectivity index (χ0v) is 13.1. The predicted molar refractivity (Wildman–Crippen MR) is 82.1 cm³/mol. The lowest BCUT2D eigenvalue weighted by Crippen LogP contribution is -2.36. The molecule has 2 rings (SSSR count). The van der Waals surface area contributed by atoms with Crippen LogP contribution in [0, 0.1) is 0 Å². The lowest BCUT2D eigenvalue weighted by molar-refractivity contribution is -0.186. The second-order valence-electron chi connectivity index (χ2n) is 4.46. The normalized spacial score (nSPS) is 14.2. The molecule has 0 fully saturated rings. The van der Waals surface area contributed by atoms with Gasteiger partial charge in [0.2, 0.25) is 5.75 Å². The third kappa shape index (κ3) is 3.70. The number of carbonyl (C=O) groups excluding carboxylic acids is 2. The fraction of sp³-hybridized carbons (Fsp3) is 0.250. The number of ether oxygens (including phenoxy) is 3. The molecule has 0 saturated carbocycles. The Kier molecular flexibility index (Phi) is 5.37. The van der Waals surface area contributed by atoms with Gasteiger partial charge in [-0.3, -0.25) is 14.4 Å². The van der Waals surface area contributed by atoms with E-state index in [0.717, 1.165) is 0 Å². The number of rotatable bonds is 5. The lowest BCUT2D eigenvalue weighted by atomic mass is 10.1. The van der Waals surface area contributed by atoms with Gasteiger partial charge in [0.1, 0.15) is 0 Å². The van der Waals surface area contributed by atoms with Crippen LogP contribution in [0.3, 0.4) is 0 Å². The van der Waals surface area contributed by atoms with Gasteiger partial charge in [0.25, 0.3) is 11.8 Å². The summed E-state index contributed by atoms with van der Waals surface area (Å²) in [6.45, 7) is 0.176. The van der Waals surface area contributed by atoms with Crippen molar-refractivity contribution < 1.29 is 28.6 Å². The molecule has 122 valence electrons. The average Bonchev–Trinajstić information content (AvgIpc) is 2.58. The van der Waals surface area contributed by atoms with E-state index in [1.807, 2.05) is 0 Å². The molecule has 0 spiro atoms. The summed E-state index contributed by atoms with van der Waals surface area (Å²) >= 11 is 0. The topological polar surface area (TPSA) is 74.3 Å². The van der Waals surface area contributed by atoms with Gasteiger partial charge in [0.15, 0.2) is 11.5 Å². The van der Waals surface area contributed by atoms with Gasteiger partial charge in [0, 0.05) is 12.2 Å². The van der Waals surface area contributed by atoms with E-state index in [1.54, 1.807) is 12.1 Å². The van der Waals surface area contributed by atoms with Crippen LogP contribution in [0.5, 0.6) is 17.2 Å². The number of hydrogen-bond acceptors (Lipinski definition) is 6. The second kappa shape index (κ2) is 7.46. The highest BCUT2D eigenvalue weighted by Gasteiger charge is 2.21. The Morgan fingerprint density at radius 2 is 1.83 bits per heavy atom. The van der Waals surface area contributed by atoms with Crippen molar-refractivity contribution in [3.05, 3.63) is 35.9 Å². The van der Waals surface area contributed by atoms with Crippen molar-refractivity contribution in [3.63, 3.8) is 0 Å². The number of imide groups is 1. The molecular formula is C16H17NO6. The average molecular weight is 319 g/mol. The molecule has 0 N–H and O–H groups in total. The van der Waals surface area contributed by atoms with Gasteiger partial charge < -0.3 is 14.2 Å². The van der Waals surface area contributed by atoms with Crippen LogP contribution in [0.25, 0.3) is 6.08 Å². The SMILES string of the molecule is COc1cc(C=CC(=O)N2OCC=CC2=O)cc(OC)c1OC. The third-order valence-corrected chi connectivity index (χ3v) is 3.07. The Bertz CT molecular complexity index is 640. The Morgan fingerprint density at radius 3 is 2.35 bits per heavy atom. The first kappa shape index (κ1) is 16.6. The number of benzene rings is 1. The van der Waals surface area contributed by atoms with E-state index in [2.05, 4.69) is 0 Å². The molecule has 2 amide bonds. The highest BCUT2D eigenvalue weighted by molar-refractivity contribution is 6.05. The van der Waals surface area contributed by atoms with Crippen LogP contribution >= 0.6 is 0 Å². The summed E-state index contributed by atoms with van der Waals surface area (Å²) in [5.74, 6) is 0.293. The smallest absolute Gasteiger partial charge is 0.277 e. The zero-order valence-electron chi connectivity index (χ0n) is 13.1. The Balaban J connectivity index is 2.23. The molecule has 1 aromatic carbocycles. The van der Waals surface area contributed by atoms with Gasteiger partial charge >= 0.3 is 0 Å². The van der Waals surface area contributed by atoms with Crippen LogP contribution in [0.1, 0.15) is 5.56 Å². The minimum Gasteiger partial charge on any atom is -0.493 e. The molecule has 0 saturated heterocycles. The van der Waals surface area contributed by atoms with Crippen molar-refractivity contribution in [1.82, 2.24) is 5.06 Å². The minimum atomic E-state index is -0.576. The quantitative estimate of drug-likeness (QED) is 0.767. The van der Waals surface area contributed by atoms with Crippen LogP contribution in [-0.4, -0.2) is 44.8 Å². The van der Waals surface area contributed by atoms with E-state index in [9.17, 15) is 9.59 Å². The van der Waals surface area contributed by atoms with Crippen molar-refractivity contribution in [3.8, 4) is 17.2 Å². The highest BCUT2D eigenvalue weighted by atomic mass is 16.7. The fourth-order valence-corrected chi connectivity index (χ4v) is 2.00. The Labute approximate surface area is 133 Å². The molecule has 0 bridgehead atoms. The van der Waals surface area contributed by atoms with E-state index >= 15 is 0 Å². The van der Waals surface area contributed by atoms with Gasteiger partial charge in [-0.05, 0) is 23.8 Å². The first-order valence-corrected chi connectivity index (χ1v) is 6.76. The largest absolute Gasteiger partial charge is 0.493 e. The molecule has 0 radical (unpaired) electrons. The number of methoxy groups -OCH3 is 3. The highest BCUT2D eigenvalue weighted by Crippen LogP contribution is 2.38. The standard InChI is InChI=1S/C16H17NO6/c1-20-12-9-11(10-13(21-2)16(12)22-3)6-7-15(19)17-14(18)5-4-8-23-17/h4-7,9-10H,8H2,1-3H3. The van der Waals surface area contributed by atoms with Crippen LogP contribution in [0.4, 0.5) is 0 Å². The number of amides is 2. The lowest BCUT2D eigenvalue weighted by Gasteiger charge is -2.18. The van der Waals surface area contributed by atoms with Crippen molar-refractivity contribution in [2.75, 3.05) is 27.9 Å². The summed E-state index contributed by atoms with van der Waals surface area (Å²) < 4.78 is 15.7. The van der Waals surface area contributed by atoms with E-state index in [1.165, 1.54) is 45.6 Å². The molecule has 1 aliphatic rings. The van der Waals surface area contributed by atoms with Gasteiger partial charge in [-0.1, -0.05) is 6.08 Å². The van der Waals surface area contributed by atoms with E-state index in [-0.39, 0.29) is 6.61 Å². The summed E-state index contributed by atoms with van der Waals surface area (Å²) in [7, 11) is 4.51. The molecule has 0 unspecified atom stereocenters. The maximum absolute atomic E-state index is 12.0. The van der Waals surface area contributed by atoms with Gasteiger partial charge in [0.05, 0.1) is 27.9 Å². The van der Waals surface area contributed by atoms with Gasteiger partial charge in [-0.25, -0.2) is 0 Å². The third-order valence-electron chi connectivity index (χ3n) is 3.07. The molecular weight excluding hydrogens is 302 g/mol. The monoisotopic (exact) mass is 319 g/mol. The van der Waals surface area contributed by atoms with Crippen molar-refractivity contribution in [1.29, 1.82) is 0 Å². The molecule has 1 heterocycles. The second-order valence-corrected chi connectivity index (χ2v) is 4.46. The van der Waals surface area contributed by atoms with Crippen LogP contribution in [0.15, 0.2) is 30.4 Å². The summed E-state index contributed by atoms with van der Waals surface area (Å²) in [5, 5.41) is 0.703. The number of hydrogen-bond donors (Lipinski definition) is 0. The molecule has 23 heavy (non-hydrogen) atoms. The first-order valence-electron chi connectivity index (χ1n) is 6.76. The minimum absolute atomic E-state index is 0.176. The molecule has 7 nitrogen and oxygen atoms in total. The van der Waals surface area contributed by atoms with Crippen molar-refractivity contribution >= 4 is 17.9 Å². The summed E-state index contributed by atoms with van der Waals surface area (Å²) in [4.78, 5) is 28.5. The predicted octanol–water partition coefficient (Wildman–Crippen LogP) is 1.58. The molecule has 0 aliphatic carbocycles. The zero-order chi connectivity index (χ0) is 16.8. The molecule has 0 aromatic heterocycles. The summed E-state index contributed by atoms with van der Waals surface area (Å²) in [6, 6.07) is 3.37. The van der Waals surface area contributed by atoms with Gasteiger partial charge in [-0.15, -0.1) is 5.06 Å². The number of nitrogens with zero attached hydrogens (tertiary/aromatic N) is 1. The maximum atomic E-state index is 12.0. The molecule has 1 aromatic rings. The number of carbonyl (C=O) groups is 2. The summed E-state index contributed by atoms with van der Waals surface area (Å²) in [6.07, 6.45) is 5.59. The van der Waals surface area contributed by atoms with E-state index in [4.69, 9.17) is 19.0 Å². The van der Waals surface area contributed by atoms with E-state index < -0.39 is 11.8 Å². The first-order chi connectivity index (χ1) is 11.1. The summed E-state index contributed by atoms with van der Waals surface area (Å²) in [5.41, 5.74) is 0.646. The van der Waals surface area contributed by atoms with Crippen LogP contribution in [-0.2, 0) is 14.4 Å². The van der Waals surface area contributed by atoms with Crippen LogP contribution in [0.2, 0.25) is 0 Å². The van der Waals surface area contributed by atoms with Crippen molar-refractivity contribution in [2.45, 2.75) is 0 Å². The van der Waals surface area contributed by atoms with Crippen LogP contribution < -0.4 is 14.2 Å². The number of hydroxylamine groups is 2. The molecule has 0 atom stereocenters. The fourth-order valence-electron chi connectivity index (χ4n) is 2.00. The molecule has 7 heteroatoms. The maximum Gasteiger partial charge on any atom is 0.277 e. The Morgan fingerprint density at radius 1 is 1.17 bits per heavy atom. The molecule has 1 aliphatic heterocycles.